The highest BCUT2D eigenvalue weighted by molar-refractivity contribution is 5.30. The standard InChI is InChI=1S/C15H27N5O/c1-11(2)20-15(13(21-4)9-17-20)14(16-3)12-10-18-5-7-19(12)8-6-18/h9,11-12,14,16H,5-8,10H2,1-4H3. The van der Waals surface area contributed by atoms with Crippen LogP contribution < -0.4 is 10.1 Å². The number of hydrogen-bond acceptors (Lipinski definition) is 5. The van der Waals surface area contributed by atoms with Gasteiger partial charge in [-0.3, -0.25) is 14.5 Å². The summed E-state index contributed by atoms with van der Waals surface area (Å²) in [5.74, 6) is 0.890. The minimum absolute atomic E-state index is 0.243. The second-order valence-corrected chi connectivity index (χ2v) is 6.31. The van der Waals surface area contributed by atoms with Gasteiger partial charge in [0.25, 0.3) is 0 Å². The smallest absolute Gasteiger partial charge is 0.161 e. The van der Waals surface area contributed by atoms with Gasteiger partial charge in [-0.05, 0) is 20.9 Å². The van der Waals surface area contributed by atoms with Crippen LogP contribution in [0.3, 0.4) is 0 Å². The van der Waals surface area contributed by atoms with E-state index in [0.717, 1.165) is 12.3 Å². The number of fused-ring (bicyclic) bond motifs is 3. The zero-order valence-electron chi connectivity index (χ0n) is 13.5. The molecule has 0 radical (unpaired) electrons. The molecule has 6 heteroatoms. The first kappa shape index (κ1) is 14.8. The van der Waals surface area contributed by atoms with Crippen molar-refractivity contribution < 1.29 is 4.74 Å². The van der Waals surface area contributed by atoms with E-state index in [1.54, 1.807) is 7.11 Å². The Morgan fingerprint density at radius 3 is 2.48 bits per heavy atom. The molecule has 3 fully saturated rings. The van der Waals surface area contributed by atoms with Gasteiger partial charge in [0.05, 0.1) is 25.0 Å². The minimum atomic E-state index is 0.243. The van der Waals surface area contributed by atoms with Crippen molar-refractivity contribution in [1.29, 1.82) is 0 Å². The van der Waals surface area contributed by atoms with Crippen LogP contribution >= 0.6 is 0 Å². The van der Waals surface area contributed by atoms with E-state index in [1.165, 1.54) is 31.9 Å². The van der Waals surface area contributed by atoms with Crippen molar-refractivity contribution >= 4 is 0 Å². The molecular formula is C15H27N5O. The Morgan fingerprint density at radius 2 is 2.00 bits per heavy atom. The molecule has 2 unspecified atom stereocenters. The molecule has 1 aromatic heterocycles. The molecule has 0 aliphatic carbocycles. The van der Waals surface area contributed by atoms with Crippen LogP contribution in [0.2, 0.25) is 0 Å². The molecule has 1 aromatic rings. The quantitative estimate of drug-likeness (QED) is 0.867. The van der Waals surface area contributed by atoms with Gasteiger partial charge >= 0.3 is 0 Å². The normalized spacial score (nSPS) is 29.9. The molecule has 21 heavy (non-hydrogen) atoms. The van der Waals surface area contributed by atoms with Crippen molar-refractivity contribution in [1.82, 2.24) is 24.9 Å². The molecule has 6 nitrogen and oxygen atoms in total. The van der Waals surface area contributed by atoms with Crippen molar-refractivity contribution in [2.24, 2.45) is 0 Å². The third-order valence-electron chi connectivity index (χ3n) is 4.82. The average molecular weight is 293 g/mol. The molecule has 2 atom stereocenters. The molecule has 4 rings (SSSR count). The Kier molecular flexibility index (Phi) is 4.19. The van der Waals surface area contributed by atoms with Gasteiger partial charge < -0.3 is 10.1 Å². The molecule has 3 aliphatic heterocycles. The number of nitrogens with one attached hydrogen (secondary N) is 1. The van der Waals surface area contributed by atoms with E-state index in [9.17, 15) is 0 Å². The number of piperazine rings is 3. The van der Waals surface area contributed by atoms with E-state index in [0.29, 0.717) is 12.1 Å². The summed E-state index contributed by atoms with van der Waals surface area (Å²) in [6.45, 7) is 10.2. The second-order valence-electron chi connectivity index (χ2n) is 6.31. The summed E-state index contributed by atoms with van der Waals surface area (Å²) in [6, 6.07) is 1.06. The van der Waals surface area contributed by atoms with Crippen LogP contribution in [-0.4, -0.2) is 72.5 Å². The molecular weight excluding hydrogens is 266 g/mol. The predicted molar refractivity (Wildman–Crippen MR) is 82.8 cm³/mol. The fourth-order valence-electron chi connectivity index (χ4n) is 3.71. The number of hydrogen-bond donors (Lipinski definition) is 1. The van der Waals surface area contributed by atoms with Gasteiger partial charge in [0.1, 0.15) is 0 Å². The maximum atomic E-state index is 5.57. The molecule has 2 bridgehead atoms. The monoisotopic (exact) mass is 293 g/mol. The highest BCUT2D eigenvalue weighted by Crippen LogP contribution is 2.33. The van der Waals surface area contributed by atoms with Gasteiger partial charge in [-0.25, -0.2) is 0 Å². The lowest BCUT2D eigenvalue weighted by Gasteiger charge is -2.50. The number of aromatic nitrogens is 2. The molecule has 118 valence electrons. The lowest BCUT2D eigenvalue weighted by molar-refractivity contribution is -0.00429. The number of methoxy groups -OCH3 is 1. The maximum Gasteiger partial charge on any atom is 0.161 e. The van der Waals surface area contributed by atoms with E-state index < -0.39 is 0 Å². The first-order valence-electron chi connectivity index (χ1n) is 7.90. The molecule has 3 aliphatic rings. The van der Waals surface area contributed by atoms with E-state index in [1.807, 2.05) is 13.2 Å². The lowest BCUT2D eigenvalue weighted by atomic mass is 9.97. The Balaban J connectivity index is 1.94. The summed E-state index contributed by atoms with van der Waals surface area (Å²) in [5, 5.41) is 8.05. The van der Waals surface area contributed by atoms with Crippen LogP contribution in [0, 0.1) is 0 Å². The summed E-state index contributed by atoms with van der Waals surface area (Å²) in [4.78, 5) is 5.18. The highest BCUT2D eigenvalue weighted by Gasteiger charge is 2.39. The predicted octanol–water partition coefficient (Wildman–Crippen LogP) is 0.733. The first-order valence-corrected chi connectivity index (χ1v) is 7.90. The number of likely N-dealkylation sites (N-methyl/N-ethyl adjacent to an activating group) is 1. The summed E-state index contributed by atoms with van der Waals surface area (Å²) in [6.07, 6.45) is 1.84. The largest absolute Gasteiger partial charge is 0.493 e. The fraction of sp³-hybridized carbons (Fsp3) is 0.800. The third kappa shape index (κ3) is 2.56. The Morgan fingerprint density at radius 1 is 1.29 bits per heavy atom. The zero-order chi connectivity index (χ0) is 15.0. The van der Waals surface area contributed by atoms with Gasteiger partial charge in [0, 0.05) is 44.8 Å². The number of nitrogens with zero attached hydrogens (tertiary/aromatic N) is 4. The number of ether oxygens (including phenoxy) is 1. The van der Waals surface area contributed by atoms with Crippen molar-refractivity contribution in [2.75, 3.05) is 46.9 Å². The molecule has 3 saturated heterocycles. The van der Waals surface area contributed by atoms with Crippen molar-refractivity contribution in [3.8, 4) is 5.75 Å². The van der Waals surface area contributed by atoms with Gasteiger partial charge in [0.15, 0.2) is 5.75 Å². The molecule has 0 spiro atoms. The van der Waals surface area contributed by atoms with E-state index in [4.69, 9.17) is 4.74 Å². The van der Waals surface area contributed by atoms with Crippen LogP contribution in [0.25, 0.3) is 0 Å². The Bertz CT molecular complexity index is 478. The SMILES string of the molecule is CNC(c1c(OC)cnn1C(C)C)C1CN2CCN1CC2. The second kappa shape index (κ2) is 5.94. The van der Waals surface area contributed by atoms with Gasteiger partial charge in [-0.1, -0.05) is 0 Å². The summed E-state index contributed by atoms with van der Waals surface area (Å²) in [7, 11) is 3.77. The molecule has 0 amide bonds. The summed E-state index contributed by atoms with van der Waals surface area (Å²) >= 11 is 0. The molecule has 1 N–H and O–H groups in total. The minimum Gasteiger partial charge on any atom is -0.493 e. The zero-order valence-corrected chi connectivity index (χ0v) is 13.5. The summed E-state index contributed by atoms with van der Waals surface area (Å²) < 4.78 is 7.67. The van der Waals surface area contributed by atoms with Gasteiger partial charge in [0.2, 0.25) is 0 Å². The average Bonchev–Trinajstić information content (AvgIpc) is 2.93. The van der Waals surface area contributed by atoms with Crippen molar-refractivity contribution in [2.45, 2.75) is 32.0 Å². The van der Waals surface area contributed by atoms with Crippen LogP contribution in [0.1, 0.15) is 31.6 Å². The van der Waals surface area contributed by atoms with Crippen LogP contribution in [0.4, 0.5) is 0 Å². The van der Waals surface area contributed by atoms with Crippen molar-refractivity contribution in [3.63, 3.8) is 0 Å². The Labute approximate surface area is 127 Å². The topological polar surface area (TPSA) is 45.6 Å². The van der Waals surface area contributed by atoms with Gasteiger partial charge in [-0.2, -0.15) is 5.10 Å². The first-order chi connectivity index (χ1) is 10.2. The molecule has 0 saturated carbocycles. The van der Waals surface area contributed by atoms with E-state index in [2.05, 4.69) is 38.7 Å². The Hall–Kier alpha value is -1.11. The lowest BCUT2D eigenvalue weighted by Crippen LogP contribution is -2.63. The van der Waals surface area contributed by atoms with Crippen LogP contribution in [0.5, 0.6) is 5.75 Å². The van der Waals surface area contributed by atoms with Gasteiger partial charge in [-0.15, -0.1) is 0 Å². The summed E-state index contributed by atoms with van der Waals surface area (Å²) in [5.41, 5.74) is 1.17. The number of rotatable bonds is 5. The van der Waals surface area contributed by atoms with Crippen LogP contribution in [-0.2, 0) is 0 Å². The van der Waals surface area contributed by atoms with Crippen molar-refractivity contribution in [3.05, 3.63) is 11.9 Å². The third-order valence-corrected chi connectivity index (χ3v) is 4.82. The van der Waals surface area contributed by atoms with Crippen LogP contribution in [0.15, 0.2) is 6.20 Å². The fourth-order valence-corrected chi connectivity index (χ4v) is 3.71. The highest BCUT2D eigenvalue weighted by atomic mass is 16.5. The molecule has 0 aromatic carbocycles. The molecule has 4 heterocycles. The van der Waals surface area contributed by atoms with E-state index in [-0.39, 0.29) is 6.04 Å². The van der Waals surface area contributed by atoms with E-state index >= 15 is 0 Å². The maximum absolute atomic E-state index is 5.57.